The number of likely N-dealkylation sites (N-methyl/N-ethyl adjacent to an activating group) is 1. The summed E-state index contributed by atoms with van der Waals surface area (Å²) in [5, 5.41) is 6.72. The van der Waals surface area contributed by atoms with Gasteiger partial charge in [-0.25, -0.2) is 0 Å². The van der Waals surface area contributed by atoms with E-state index in [1.807, 2.05) is 12.1 Å². The minimum atomic E-state index is 0. The van der Waals surface area contributed by atoms with E-state index in [1.54, 1.807) is 14.2 Å². The third-order valence-electron chi connectivity index (χ3n) is 3.84. The van der Waals surface area contributed by atoms with Gasteiger partial charge in [0.25, 0.3) is 0 Å². The number of halogens is 1. The molecule has 1 aromatic rings. The average Bonchev–Trinajstić information content (AvgIpc) is 2.56. The van der Waals surface area contributed by atoms with Gasteiger partial charge in [-0.1, -0.05) is 26.0 Å². The van der Waals surface area contributed by atoms with Crippen LogP contribution in [0.2, 0.25) is 0 Å². The Kier molecular flexibility index (Phi) is 11.9. The van der Waals surface area contributed by atoms with E-state index in [0.717, 1.165) is 37.9 Å². The van der Waals surface area contributed by atoms with E-state index in [0.29, 0.717) is 6.04 Å². The predicted molar refractivity (Wildman–Crippen MR) is 109 cm³/mol. The first-order chi connectivity index (χ1) is 10.6. The van der Waals surface area contributed by atoms with E-state index in [2.05, 4.69) is 53.4 Å². The minimum absolute atomic E-state index is 0. The molecule has 6 heteroatoms. The van der Waals surface area contributed by atoms with Crippen molar-refractivity contribution in [2.75, 3.05) is 33.8 Å². The van der Waals surface area contributed by atoms with Crippen molar-refractivity contribution < 1.29 is 4.74 Å². The van der Waals surface area contributed by atoms with Crippen LogP contribution >= 0.6 is 24.0 Å². The number of nitrogens with one attached hydrogen (secondary N) is 2. The summed E-state index contributed by atoms with van der Waals surface area (Å²) in [5.74, 6) is 1.70. The van der Waals surface area contributed by atoms with Crippen molar-refractivity contribution in [3.63, 3.8) is 0 Å². The van der Waals surface area contributed by atoms with Crippen LogP contribution in [-0.2, 0) is 6.54 Å². The zero-order chi connectivity index (χ0) is 16.4. The molecule has 0 aromatic heterocycles. The van der Waals surface area contributed by atoms with Gasteiger partial charge in [0, 0.05) is 26.2 Å². The zero-order valence-electron chi connectivity index (χ0n) is 14.9. The predicted octanol–water partition coefficient (Wildman–Crippen LogP) is 2.71. The van der Waals surface area contributed by atoms with Gasteiger partial charge in [-0.05, 0) is 37.7 Å². The Labute approximate surface area is 157 Å². The van der Waals surface area contributed by atoms with Crippen LogP contribution in [0.3, 0.4) is 0 Å². The second-order valence-corrected chi connectivity index (χ2v) is 5.22. The van der Waals surface area contributed by atoms with Gasteiger partial charge in [0.1, 0.15) is 5.75 Å². The molecule has 1 unspecified atom stereocenters. The molecule has 0 aliphatic heterocycles. The van der Waals surface area contributed by atoms with Crippen molar-refractivity contribution in [3.8, 4) is 5.75 Å². The first kappa shape index (κ1) is 22.0. The van der Waals surface area contributed by atoms with Gasteiger partial charge in [-0.2, -0.15) is 0 Å². The van der Waals surface area contributed by atoms with Crippen molar-refractivity contribution in [2.45, 2.75) is 33.4 Å². The summed E-state index contributed by atoms with van der Waals surface area (Å²) < 4.78 is 5.16. The van der Waals surface area contributed by atoms with Crippen LogP contribution in [0.4, 0.5) is 0 Å². The SMILES string of the molecule is CCN(CC)C(C)CNC(=NC)NCc1ccc(OC)cc1.I. The molecule has 23 heavy (non-hydrogen) atoms. The van der Waals surface area contributed by atoms with Crippen molar-refractivity contribution in [1.29, 1.82) is 0 Å². The number of methoxy groups -OCH3 is 1. The maximum absolute atomic E-state index is 5.16. The number of aliphatic imine (C=N–C) groups is 1. The molecule has 5 nitrogen and oxygen atoms in total. The largest absolute Gasteiger partial charge is 0.497 e. The summed E-state index contributed by atoms with van der Waals surface area (Å²) in [6, 6.07) is 8.52. The Hall–Kier alpha value is -1.02. The molecular weight excluding hydrogens is 403 g/mol. The Balaban J connectivity index is 0.00000484. The quantitative estimate of drug-likeness (QED) is 0.375. The monoisotopic (exact) mass is 434 g/mol. The van der Waals surface area contributed by atoms with Gasteiger partial charge in [0.05, 0.1) is 7.11 Å². The number of ether oxygens (including phenoxy) is 1. The normalized spacial score (nSPS) is 12.5. The molecule has 0 radical (unpaired) electrons. The fourth-order valence-corrected chi connectivity index (χ4v) is 2.37. The molecular formula is C17H31IN4O. The minimum Gasteiger partial charge on any atom is -0.497 e. The van der Waals surface area contributed by atoms with Gasteiger partial charge < -0.3 is 15.4 Å². The highest BCUT2D eigenvalue weighted by Crippen LogP contribution is 2.10. The Morgan fingerprint density at radius 3 is 2.26 bits per heavy atom. The Morgan fingerprint density at radius 2 is 1.78 bits per heavy atom. The number of nitrogens with zero attached hydrogens (tertiary/aromatic N) is 2. The lowest BCUT2D eigenvalue weighted by Gasteiger charge is -2.27. The molecule has 0 aliphatic carbocycles. The van der Waals surface area contributed by atoms with Crippen molar-refractivity contribution in [1.82, 2.24) is 15.5 Å². The lowest BCUT2D eigenvalue weighted by molar-refractivity contribution is 0.231. The fourth-order valence-electron chi connectivity index (χ4n) is 2.37. The second kappa shape index (κ2) is 12.4. The summed E-state index contributed by atoms with van der Waals surface area (Å²) in [6.45, 7) is 10.4. The number of guanidine groups is 1. The fraction of sp³-hybridized carbons (Fsp3) is 0.588. The molecule has 0 fully saturated rings. The summed E-state index contributed by atoms with van der Waals surface area (Å²) >= 11 is 0. The van der Waals surface area contributed by atoms with Crippen LogP contribution < -0.4 is 15.4 Å². The van der Waals surface area contributed by atoms with E-state index in [1.165, 1.54) is 5.56 Å². The highest BCUT2D eigenvalue weighted by atomic mass is 127. The number of benzene rings is 1. The van der Waals surface area contributed by atoms with Gasteiger partial charge in [0.15, 0.2) is 5.96 Å². The number of hydrogen-bond donors (Lipinski definition) is 2. The summed E-state index contributed by atoms with van der Waals surface area (Å²) in [6.07, 6.45) is 0. The molecule has 0 bridgehead atoms. The summed E-state index contributed by atoms with van der Waals surface area (Å²) in [4.78, 5) is 6.69. The molecule has 1 rings (SSSR count). The smallest absolute Gasteiger partial charge is 0.191 e. The maximum Gasteiger partial charge on any atom is 0.191 e. The molecule has 0 heterocycles. The van der Waals surface area contributed by atoms with Crippen LogP contribution in [0.15, 0.2) is 29.3 Å². The van der Waals surface area contributed by atoms with Crippen LogP contribution in [0.1, 0.15) is 26.3 Å². The van der Waals surface area contributed by atoms with E-state index < -0.39 is 0 Å². The highest BCUT2D eigenvalue weighted by molar-refractivity contribution is 14.0. The van der Waals surface area contributed by atoms with Crippen molar-refractivity contribution >= 4 is 29.9 Å². The van der Waals surface area contributed by atoms with Gasteiger partial charge in [-0.3, -0.25) is 9.89 Å². The van der Waals surface area contributed by atoms with Gasteiger partial charge in [-0.15, -0.1) is 24.0 Å². The second-order valence-electron chi connectivity index (χ2n) is 5.22. The van der Waals surface area contributed by atoms with E-state index in [-0.39, 0.29) is 24.0 Å². The van der Waals surface area contributed by atoms with Gasteiger partial charge >= 0.3 is 0 Å². The Morgan fingerprint density at radius 1 is 1.17 bits per heavy atom. The van der Waals surface area contributed by atoms with Gasteiger partial charge in [0.2, 0.25) is 0 Å². The first-order valence-corrected chi connectivity index (χ1v) is 7.96. The topological polar surface area (TPSA) is 48.9 Å². The van der Waals surface area contributed by atoms with E-state index in [9.17, 15) is 0 Å². The van der Waals surface area contributed by atoms with E-state index in [4.69, 9.17) is 4.74 Å². The van der Waals surface area contributed by atoms with Crippen molar-refractivity contribution in [3.05, 3.63) is 29.8 Å². The maximum atomic E-state index is 5.16. The molecule has 1 atom stereocenters. The third kappa shape index (κ3) is 7.87. The van der Waals surface area contributed by atoms with Crippen molar-refractivity contribution in [2.24, 2.45) is 4.99 Å². The summed E-state index contributed by atoms with van der Waals surface area (Å²) in [7, 11) is 3.47. The lowest BCUT2D eigenvalue weighted by Crippen LogP contribution is -2.45. The third-order valence-corrected chi connectivity index (χ3v) is 3.84. The molecule has 0 aliphatic rings. The highest BCUT2D eigenvalue weighted by Gasteiger charge is 2.10. The molecule has 1 aromatic carbocycles. The molecule has 132 valence electrons. The van der Waals surface area contributed by atoms with Crippen LogP contribution in [-0.4, -0.2) is 50.7 Å². The molecule has 2 N–H and O–H groups in total. The number of rotatable bonds is 8. The molecule has 0 saturated carbocycles. The van der Waals surface area contributed by atoms with Crippen LogP contribution in [0, 0.1) is 0 Å². The lowest BCUT2D eigenvalue weighted by atomic mass is 10.2. The van der Waals surface area contributed by atoms with Crippen LogP contribution in [0.25, 0.3) is 0 Å². The molecule has 0 saturated heterocycles. The standard InChI is InChI=1S/C17H30N4O.HI/c1-6-21(7-2)14(3)12-19-17(18-4)20-13-15-8-10-16(22-5)11-9-15;/h8-11,14H,6-7,12-13H2,1-5H3,(H2,18,19,20);1H. The molecule has 0 spiro atoms. The molecule has 0 amide bonds. The first-order valence-electron chi connectivity index (χ1n) is 7.96. The number of hydrogen-bond acceptors (Lipinski definition) is 3. The average molecular weight is 434 g/mol. The Bertz CT molecular complexity index is 446. The van der Waals surface area contributed by atoms with E-state index >= 15 is 0 Å². The summed E-state index contributed by atoms with van der Waals surface area (Å²) in [5.41, 5.74) is 1.19. The van der Waals surface area contributed by atoms with Crippen LogP contribution in [0.5, 0.6) is 5.75 Å². The zero-order valence-corrected chi connectivity index (χ0v) is 17.3.